The minimum atomic E-state index is 0.237. The summed E-state index contributed by atoms with van der Waals surface area (Å²) in [7, 11) is 0. The van der Waals surface area contributed by atoms with Crippen LogP contribution in [-0.4, -0.2) is 6.54 Å². The van der Waals surface area contributed by atoms with E-state index in [2.05, 4.69) is 40.7 Å². The van der Waals surface area contributed by atoms with Crippen LogP contribution in [0.4, 0.5) is 0 Å². The van der Waals surface area contributed by atoms with Crippen molar-refractivity contribution >= 4 is 34.3 Å². The normalized spacial score (nSPS) is 11.9. The lowest BCUT2D eigenvalue weighted by Gasteiger charge is -2.15. The number of hydrogen-bond donors (Lipinski definition) is 1. The average molecular weight is 296 g/mol. The van der Waals surface area contributed by atoms with Gasteiger partial charge in [-0.25, -0.2) is 0 Å². The second-order valence-electron chi connectivity index (χ2n) is 3.72. The van der Waals surface area contributed by atoms with E-state index in [4.69, 9.17) is 11.6 Å². The third-order valence-electron chi connectivity index (χ3n) is 2.48. The standard InChI is InChI=1S/C14H14ClNS2/c1-2-3-4-9-16-14(11-6-5-10-17-11)12-7-8-13(15)18-12/h5-8,10,14,16H,4,9H2,1H3. The fourth-order valence-electron chi connectivity index (χ4n) is 1.68. The summed E-state index contributed by atoms with van der Waals surface area (Å²) in [6.07, 6.45) is 0.873. The number of thiophene rings is 2. The van der Waals surface area contributed by atoms with E-state index in [1.165, 1.54) is 9.75 Å². The summed E-state index contributed by atoms with van der Waals surface area (Å²) in [5, 5.41) is 5.65. The molecule has 0 saturated carbocycles. The molecule has 0 amide bonds. The van der Waals surface area contributed by atoms with Crippen molar-refractivity contribution in [3.05, 3.63) is 43.7 Å². The molecule has 0 bridgehead atoms. The van der Waals surface area contributed by atoms with Crippen molar-refractivity contribution in [1.82, 2.24) is 5.32 Å². The van der Waals surface area contributed by atoms with Gasteiger partial charge in [-0.1, -0.05) is 17.7 Å². The van der Waals surface area contributed by atoms with Crippen LogP contribution in [0.3, 0.4) is 0 Å². The van der Waals surface area contributed by atoms with Gasteiger partial charge in [0.05, 0.1) is 10.4 Å². The number of nitrogens with one attached hydrogen (secondary N) is 1. The summed E-state index contributed by atoms with van der Waals surface area (Å²) in [5.41, 5.74) is 0. The SMILES string of the molecule is CC#CCCNC(c1cccs1)c1ccc(Cl)s1. The van der Waals surface area contributed by atoms with Crippen LogP contribution in [0.1, 0.15) is 29.1 Å². The Labute approximate surface area is 121 Å². The second-order valence-corrected chi connectivity index (χ2v) is 6.45. The van der Waals surface area contributed by atoms with E-state index in [1.807, 2.05) is 13.0 Å². The lowest BCUT2D eigenvalue weighted by Crippen LogP contribution is -2.21. The van der Waals surface area contributed by atoms with E-state index in [9.17, 15) is 0 Å². The van der Waals surface area contributed by atoms with E-state index in [0.29, 0.717) is 0 Å². The van der Waals surface area contributed by atoms with Crippen LogP contribution in [-0.2, 0) is 0 Å². The molecule has 0 radical (unpaired) electrons. The highest BCUT2D eigenvalue weighted by atomic mass is 35.5. The van der Waals surface area contributed by atoms with Crippen molar-refractivity contribution < 1.29 is 0 Å². The Morgan fingerprint density at radius 1 is 1.33 bits per heavy atom. The summed E-state index contributed by atoms with van der Waals surface area (Å²) in [6, 6.07) is 8.52. The van der Waals surface area contributed by atoms with Gasteiger partial charge in [-0.15, -0.1) is 34.5 Å². The van der Waals surface area contributed by atoms with Gasteiger partial charge < -0.3 is 5.32 Å². The quantitative estimate of drug-likeness (QED) is 0.630. The van der Waals surface area contributed by atoms with E-state index in [-0.39, 0.29) is 6.04 Å². The predicted molar refractivity (Wildman–Crippen MR) is 81.6 cm³/mol. The third kappa shape index (κ3) is 3.60. The van der Waals surface area contributed by atoms with Gasteiger partial charge in [0.15, 0.2) is 0 Å². The molecule has 2 aromatic rings. The van der Waals surface area contributed by atoms with Crippen LogP contribution in [0.25, 0.3) is 0 Å². The number of rotatable bonds is 5. The molecule has 1 N–H and O–H groups in total. The molecular formula is C14H14ClNS2. The summed E-state index contributed by atoms with van der Waals surface area (Å²) in [6.45, 7) is 2.76. The minimum absolute atomic E-state index is 0.237. The van der Waals surface area contributed by atoms with Crippen LogP contribution in [0, 0.1) is 11.8 Å². The Bertz CT molecular complexity index is 534. The van der Waals surface area contributed by atoms with E-state index >= 15 is 0 Å². The molecule has 0 aromatic carbocycles. The van der Waals surface area contributed by atoms with Crippen molar-refractivity contribution in [3.63, 3.8) is 0 Å². The number of halogens is 1. The largest absolute Gasteiger partial charge is 0.304 e. The molecule has 0 saturated heterocycles. The maximum atomic E-state index is 6.02. The van der Waals surface area contributed by atoms with E-state index in [0.717, 1.165) is 17.3 Å². The fourth-order valence-corrected chi connectivity index (χ4v) is 3.73. The first kappa shape index (κ1) is 13.6. The summed E-state index contributed by atoms with van der Waals surface area (Å²) in [4.78, 5) is 2.57. The molecule has 18 heavy (non-hydrogen) atoms. The molecule has 0 aliphatic heterocycles. The molecule has 0 aliphatic rings. The molecule has 2 rings (SSSR count). The minimum Gasteiger partial charge on any atom is -0.304 e. The van der Waals surface area contributed by atoms with Crippen molar-refractivity contribution in [3.8, 4) is 11.8 Å². The molecular weight excluding hydrogens is 282 g/mol. The molecule has 0 aliphatic carbocycles. The molecule has 4 heteroatoms. The van der Waals surface area contributed by atoms with Gasteiger partial charge >= 0.3 is 0 Å². The maximum Gasteiger partial charge on any atom is 0.0931 e. The van der Waals surface area contributed by atoms with Crippen LogP contribution in [0.2, 0.25) is 4.34 Å². The lowest BCUT2D eigenvalue weighted by atomic mass is 10.2. The van der Waals surface area contributed by atoms with Gasteiger partial charge in [-0.2, -0.15) is 0 Å². The van der Waals surface area contributed by atoms with Crippen LogP contribution < -0.4 is 5.32 Å². The monoisotopic (exact) mass is 295 g/mol. The Morgan fingerprint density at radius 2 is 2.22 bits per heavy atom. The zero-order valence-corrected chi connectivity index (χ0v) is 12.5. The third-order valence-corrected chi connectivity index (χ3v) is 4.71. The lowest BCUT2D eigenvalue weighted by molar-refractivity contribution is 0.631. The molecule has 1 unspecified atom stereocenters. The Hall–Kier alpha value is -0.790. The Morgan fingerprint density at radius 3 is 2.83 bits per heavy atom. The highest BCUT2D eigenvalue weighted by molar-refractivity contribution is 7.16. The van der Waals surface area contributed by atoms with Crippen LogP contribution in [0.5, 0.6) is 0 Å². The van der Waals surface area contributed by atoms with Gasteiger partial charge in [0, 0.05) is 22.7 Å². The van der Waals surface area contributed by atoms with Crippen LogP contribution >= 0.6 is 34.3 Å². The zero-order chi connectivity index (χ0) is 12.8. The fraction of sp³-hybridized carbons (Fsp3) is 0.286. The van der Waals surface area contributed by atoms with Crippen molar-refractivity contribution in [1.29, 1.82) is 0 Å². The topological polar surface area (TPSA) is 12.0 Å². The average Bonchev–Trinajstić information content (AvgIpc) is 3.01. The van der Waals surface area contributed by atoms with Crippen molar-refractivity contribution in [2.75, 3.05) is 6.54 Å². The zero-order valence-electron chi connectivity index (χ0n) is 10.1. The van der Waals surface area contributed by atoms with E-state index in [1.54, 1.807) is 22.7 Å². The first-order valence-electron chi connectivity index (χ1n) is 5.73. The molecule has 94 valence electrons. The number of hydrogen-bond acceptors (Lipinski definition) is 3. The molecule has 1 atom stereocenters. The van der Waals surface area contributed by atoms with Gasteiger partial charge in [0.25, 0.3) is 0 Å². The first-order chi connectivity index (χ1) is 8.81. The summed E-state index contributed by atoms with van der Waals surface area (Å²) < 4.78 is 0.835. The maximum absolute atomic E-state index is 6.02. The highest BCUT2D eigenvalue weighted by Crippen LogP contribution is 2.32. The molecule has 2 aromatic heterocycles. The van der Waals surface area contributed by atoms with Crippen molar-refractivity contribution in [2.24, 2.45) is 0 Å². The summed E-state index contributed by atoms with van der Waals surface area (Å²) in [5.74, 6) is 5.99. The molecule has 0 fully saturated rings. The summed E-state index contributed by atoms with van der Waals surface area (Å²) >= 11 is 9.42. The first-order valence-corrected chi connectivity index (χ1v) is 7.80. The Kier molecular flexibility index (Phi) is 5.27. The molecule has 1 nitrogen and oxygen atoms in total. The molecule has 0 spiro atoms. The second kappa shape index (κ2) is 6.96. The van der Waals surface area contributed by atoms with Crippen molar-refractivity contribution in [2.45, 2.75) is 19.4 Å². The highest BCUT2D eigenvalue weighted by Gasteiger charge is 2.16. The van der Waals surface area contributed by atoms with E-state index < -0.39 is 0 Å². The van der Waals surface area contributed by atoms with Gasteiger partial charge in [0.1, 0.15) is 0 Å². The Balaban J connectivity index is 2.10. The van der Waals surface area contributed by atoms with Gasteiger partial charge in [-0.05, 0) is 30.5 Å². The van der Waals surface area contributed by atoms with Gasteiger partial charge in [0.2, 0.25) is 0 Å². The molecule has 2 heterocycles. The van der Waals surface area contributed by atoms with Gasteiger partial charge in [-0.3, -0.25) is 0 Å². The smallest absolute Gasteiger partial charge is 0.0931 e. The van der Waals surface area contributed by atoms with Crippen LogP contribution in [0.15, 0.2) is 29.6 Å². The predicted octanol–water partition coefficient (Wildman–Crippen LogP) is 4.56.